The number of benzene rings is 1. The summed E-state index contributed by atoms with van der Waals surface area (Å²) >= 11 is 0. The van der Waals surface area contributed by atoms with Gasteiger partial charge in [0.15, 0.2) is 0 Å². The number of aromatic nitrogens is 2. The zero-order chi connectivity index (χ0) is 25.6. The Morgan fingerprint density at radius 3 is 2.62 bits per heavy atom. The summed E-state index contributed by atoms with van der Waals surface area (Å²) in [5.74, 6) is 1.03. The van der Waals surface area contributed by atoms with Crippen molar-refractivity contribution in [2.75, 3.05) is 18.0 Å². The Labute approximate surface area is 214 Å². The molecule has 0 radical (unpaired) electrons. The first kappa shape index (κ1) is 24.1. The highest BCUT2D eigenvalue weighted by molar-refractivity contribution is 6.02. The predicted molar refractivity (Wildman–Crippen MR) is 141 cm³/mol. The van der Waals surface area contributed by atoms with Gasteiger partial charge in [-0.15, -0.1) is 0 Å². The molecule has 1 fully saturated rings. The van der Waals surface area contributed by atoms with Gasteiger partial charge in [0, 0.05) is 19.3 Å². The van der Waals surface area contributed by atoms with E-state index in [9.17, 15) is 14.9 Å². The van der Waals surface area contributed by atoms with Crippen LogP contribution in [0.1, 0.15) is 29.7 Å². The summed E-state index contributed by atoms with van der Waals surface area (Å²) < 4.78 is 6.68. The van der Waals surface area contributed by atoms with Crippen molar-refractivity contribution in [1.82, 2.24) is 14.7 Å². The molecule has 8 nitrogen and oxygen atoms in total. The number of furan rings is 1. The molecule has 37 heavy (non-hydrogen) atoms. The van der Waals surface area contributed by atoms with Crippen LogP contribution in [0, 0.1) is 17.2 Å². The summed E-state index contributed by atoms with van der Waals surface area (Å²) in [4.78, 5) is 33.2. The fourth-order valence-corrected chi connectivity index (χ4v) is 4.72. The van der Waals surface area contributed by atoms with Crippen LogP contribution in [0.25, 0.3) is 11.7 Å². The number of carbonyl (C=O) groups is 1. The SMILES string of the molecule is N#CC(=Cc1c(N2CCC(Cc3ccccc3)CC2)nc2ccccn2c1=O)C(=O)NCc1ccco1. The molecule has 4 heterocycles. The van der Waals surface area contributed by atoms with Gasteiger partial charge in [0.1, 0.15) is 28.9 Å². The van der Waals surface area contributed by atoms with Gasteiger partial charge in [-0.25, -0.2) is 4.98 Å². The Morgan fingerprint density at radius 1 is 1.11 bits per heavy atom. The molecule has 1 aliphatic rings. The molecule has 0 bridgehead atoms. The molecule has 0 aliphatic carbocycles. The summed E-state index contributed by atoms with van der Waals surface area (Å²) in [6.45, 7) is 1.61. The molecule has 186 valence electrons. The van der Waals surface area contributed by atoms with E-state index in [-0.39, 0.29) is 23.2 Å². The van der Waals surface area contributed by atoms with Crippen LogP contribution in [0.3, 0.4) is 0 Å². The van der Waals surface area contributed by atoms with Gasteiger partial charge in [-0.1, -0.05) is 36.4 Å². The minimum Gasteiger partial charge on any atom is -0.467 e. The molecular formula is C29H27N5O3. The highest BCUT2D eigenvalue weighted by atomic mass is 16.3. The quantitative estimate of drug-likeness (QED) is 0.309. The second-order valence-corrected chi connectivity index (χ2v) is 9.14. The van der Waals surface area contributed by atoms with Crippen molar-refractivity contribution in [1.29, 1.82) is 5.26 Å². The number of anilines is 1. The zero-order valence-electron chi connectivity index (χ0n) is 20.3. The lowest BCUT2D eigenvalue weighted by Crippen LogP contribution is -2.37. The second kappa shape index (κ2) is 11.0. The standard InChI is InChI=1S/C29H27N5O3/c30-19-23(28(35)31-20-24-9-6-16-37-24)18-25-27(32-26-10-4-5-13-34(26)29(25)36)33-14-11-22(12-15-33)17-21-7-2-1-3-8-21/h1-10,13,16,18,22H,11-12,14-15,17,20H2,(H,31,35). The lowest BCUT2D eigenvalue weighted by atomic mass is 9.90. The molecule has 0 spiro atoms. The van der Waals surface area contributed by atoms with E-state index in [0.717, 1.165) is 32.4 Å². The van der Waals surface area contributed by atoms with Crippen LogP contribution in [-0.4, -0.2) is 28.4 Å². The number of pyridine rings is 1. The summed E-state index contributed by atoms with van der Waals surface area (Å²) in [6.07, 6.45) is 7.45. The first-order valence-corrected chi connectivity index (χ1v) is 12.3. The lowest BCUT2D eigenvalue weighted by Gasteiger charge is -2.33. The monoisotopic (exact) mass is 493 g/mol. The van der Waals surface area contributed by atoms with E-state index in [1.165, 1.54) is 22.3 Å². The number of rotatable bonds is 7. The van der Waals surface area contributed by atoms with E-state index in [2.05, 4.69) is 34.5 Å². The van der Waals surface area contributed by atoms with E-state index in [0.29, 0.717) is 23.1 Å². The van der Waals surface area contributed by atoms with Crippen molar-refractivity contribution in [3.63, 3.8) is 0 Å². The van der Waals surface area contributed by atoms with Gasteiger partial charge < -0.3 is 14.6 Å². The molecule has 5 rings (SSSR count). The fourth-order valence-electron chi connectivity index (χ4n) is 4.72. The molecule has 1 amide bonds. The third kappa shape index (κ3) is 5.46. The molecule has 1 N–H and O–H groups in total. The molecule has 3 aromatic heterocycles. The van der Waals surface area contributed by atoms with Crippen LogP contribution < -0.4 is 15.8 Å². The minimum atomic E-state index is -0.580. The normalized spacial score (nSPS) is 14.5. The van der Waals surface area contributed by atoms with Crippen LogP contribution >= 0.6 is 0 Å². The zero-order valence-corrected chi connectivity index (χ0v) is 20.3. The van der Waals surface area contributed by atoms with Gasteiger partial charge in [-0.05, 0) is 61.1 Å². The van der Waals surface area contributed by atoms with Crippen molar-refractivity contribution in [3.8, 4) is 6.07 Å². The first-order chi connectivity index (χ1) is 18.1. The minimum absolute atomic E-state index is 0.140. The Balaban J connectivity index is 1.43. The molecule has 1 saturated heterocycles. The van der Waals surface area contributed by atoms with Gasteiger partial charge >= 0.3 is 0 Å². The third-order valence-corrected chi connectivity index (χ3v) is 6.69. The predicted octanol–water partition coefficient (Wildman–Crippen LogP) is 3.97. The lowest BCUT2D eigenvalue weighted by molar-refractivity contribution is -0.117. The highest BCUT2D eigenvalue weighted by Gasteiger charge is 2.25. The number of hydrogen-bond acceptors (Lipinski definition) is 6. The maximum atomic E-state index is 13.5. The summed E-state index contributed by atoms with van der Waals surface area (Å²) in [5.41, 5.74) is 1.59. The number of fused-ring (bicyclic) bond motifs is 1. The van der Waals surface area contributed by atoms with Crippen LogP contribution in [0.2, 0.25) is 0 Å². The molecule has 8 heteroatoms. The summed E-state index contributed by atoms with van der Waals surface area (Å²) in [5, 5.41) is 12.4. The number of piperidine rings is 1. The van der Waals surface area contributed by atoms with Gasteiger partial charge in [-0.3, -0.25) is 14.0 Å². The number of nitriles is 1. The molecule has 0 unspecified atom stereocenters. The van der Waals surface area contributed by atoms with Gasteiger partial charge in [-0.2, -0.15) is 5.26 Å². The van der Waals surface area contributed by atoms with E-state index in [1.807, 2.05) is 18.2 Å². The number of nitrogens with one attached hydrogen (secondary N) is 1. The molecule has 0 saturated carbocycles. The Hall–Kier alpha value is -4.64. The number of hydrogen-bond donors (Lipinski definition) is 1. The molecule has 1 aliphatic heterocycles. The number of carbonyl (C=O) groups excluding carboxylic acids is 1. The van der Waals surface area contributed by atoms with Crippen LogP contribution in [0.4, 0.5) is 5.82 Å². The molecule has 0 atom stereocenters. The van der Waals surface area contributed by atoms with Crippen molar-refractivity contribution in [3.05, 3.63) is 106 Å². The Morgan fingerprint density at radius 2 is 1.89 bits per heavy atom. The van der Waals surface area contributed by atoms with E-state index >= 15 is 0 Å². The Kier molecular flexibility index (Phi) is 7.13. The Bertz CT molecular complexity index is 1510. The third-order valence-electron chi connectivity index (χ3n) is 6.69. The molecule has 1 aromatic carbocycles. The molecule has 4 aromatic rings. The second-order valence-electron chi connectivity index (χ2n) is 9.14. The van der Waals surface area contributed by atoms with Crippen molar-refractivity contribution in [2.24, 2.45) is 5.92 Å². The topological polar surface area (TPSA) is 104 Å². The van der Waals surface area contributed by atoms with Gasteiger partial charge in [0.05, 0.1) is 18.4 Å². The van der Waals surface area contributed by atoms with Crippen LogP contribution in [0.15, 0.2) is 87.9 Å². The van der Waals surface area contributed by atoms with Crippen molar-refractivity contribution < 1.29 is 9.21 Å². The molecular weight excluding hydrogens is 466 g/mol. The van der Waals surface area contributed by atoms with Crippen LogP contribution in [0.5, 0.6) is 0 Å². The van der Waals surface area contributed by atoms with Gasteiger partial charge in [0.2, 0.25) is 0 Å². The average Bonchev–Trinajstić information content (AvgIpc) is 3.46. The highest BCUT2D eigenvalue weighted by Crippen LogP contribution is 2.27. The van der Waals surface area contributed by atoms with Crippen molar-refractivity contribution >= 4 is 23.4 Å². The maximum Gasteiger partial charge on any atom is 0.267 e. The fraction of sp³-hybridized carbons (Fsp3) is 0.241. The number of amides is 1. The van der Waals surface area contributed by atoms with Crippen LogP contribution in [-0.2, 0) is 17.8 Å². The van der Waals surface area contributed by atoms with Crippen molar-refractivity contribution in [2.45, 2.75) is 25.8 Å². The van der Waals surface area contributed by atoms with E-state index < -0.39 is 5.91 Å². The number of nitrogens with zero attached hydrogens (tertiary/aromatic N) is 4. The van der Waals surface area contributed by atoms with E-state index in [4.69, 9.17) is 9.40 Å². The maximum absolute atomic E-state index is 13.5. The average molecular weight is 494 g/mol. The summed E-state index contributed by atoms with van der Waals surface area (Å²) in [7, 11) is 0. The van der Waals surface area contributed by atoms with Gasteiger partial charge in [0.25, 0.3) is 11.5 Å². The smallest absolute Gasteiger partial charge is 0.267 e. The largest absolute Gasteiger partial charge is 0.467 e. The first-order valence-electron chi connectivity index (χ1n) is 12.3. The van der Waals surface area contributed by atoms with E-state index in [1.54, 1.807) is 30.5 Å². The summed E-state index contributed by atoms with van der Waals surface area (Å²) in [6, 6.07) is 21.2.